The van der Waals surface area contributed by atoms with Crippen LogP contribution in [0, 0.1) is 17.0 Å². The SMILES string of the molecule is COCOc1cc(-c2nc(OC)c3c(N4CCOC[C@@](C)(O)C4)nc(OCC4(C)CCCN(C(=O)OC(C)(C)C)C4)nc3c2F)c2c(F)cccc2c1. The van der Waals surface area contributed by atoms with Gasteiger partial charge in [-0.25, -0.2) is 18.6 Å². The number of β-amino-alcohol motifs (C(OH)–C–C–N with tert-alkyl or cyclic N) is 1. The molecule has 13 nitrogen and oxygen atoms in total. The second-order valence-electron chi connectivity index (χ2n) is 15.3. The number of hydrogen-bond donors (Lipinski definition) is 1. The zero-order valence-electron chi connectivity index (χ0n) is 31.3. The van der Waals surface area contributed by atoms with Crippen LogP contribution in [0.1, 0.15) is 47.5 Å². The Morgan fingerprint density at radius 2 is 1.83 bits per heavy atom. The third-order valence-electron chi connectivity index (χ3n) is 9.14. The summed E-state index contributed by atoms with van der Waals surface area (Å²) in [6, 6.07) is 7.50. The van der Waals surface area contributed by atoms with Crippen LogP contribution in [-0.4, -0.2) is 109 Å². The summed E-state index contributed by atoms with van der Waals surface area (Å²) in [7, 11) is 2.85. The Kier molecular flexibility index (Phi) is 10.8. The summed E-state index contributed by atoms with van der Waals surface area (Å²) in [5.41, 5.74) is -2.74. The molecule has 2 atom stereocenters. The largest absolute Gasteiger partial charge is 0.480 e. The quantitative estimate of drug-likeness (QED) is 0.198. The minimum Gasteiger partial charge on any atom is -0.480 e. The van der Waals surface area contributed by atoms with Crippen molar-refractivity contribution in [3.63, 3.8) is 0 Å². The maximum Gasteiger partial charge on any atom is 0.410 e. The van der Waals surface area contributed by atoms with E-state index in [-0.39, 0.29) is 78.4 Å². The lowest BCUT2D eigenvalue weighted by Crippen LogP contribution is -2.48. The Morgan fingerprint density at radius 1 is 1.04 bits per heavy atom. The Labute approximate surface area is 307 Å². The third-order valence-corrected chi connectivity index (χ3v) is 9.14. The van der Waals surface area contributed by atoms with Gasteiger partial charge in [-0.05, 0) is 64.1 Å². The monoisotopic (exact) mass is 739 g/mol. The molecule has 1 amide bonds. The number of benzene rings is 2. The van der Waals surface area contributed by atoms with Crippen molar-refractivity contribution < 1.29 is 47.1 Å². The predicted octanol–water partition coefficient (Wildman–Crippen LogP) is 6.12. The Balaban J connectivity index is 1.48. The van der Waals surface area contributed by atoms with Crippen molar-refractivity contribution in [2.75, 3.05) is 71.9 Å². The number of anilines is 1. The molecular formula is C38H47F2N5O8. The molecule has 6 rings (SSSR count). The summed E-state index contributed by atoms with van der Waals surface area (Å²) in [6.45, 7) is 10.7. The number of aromatic nitrogens is 3. The third kappa shape index (κ3) is 8.47. The van der Waals surface area contributed by atoms with E-state index in [9.17, 15) is 9.90 Å². The number of likely N-dealkylation sites (tertiary alicyclic amines) is 1. The van der Waals surface area contributed by atoms with E-state index in [1.54, 1.807) is 34.9 Å². The minimum atomic E-state index is -1.27. The second-order valence-corrected chi connectivity index (χ2v) is 15.3. The van der Waals surface area contributed by atoms with Gasteiger partial charge in [0, 0.05) is 43.1 Å². The van der Waals surface area contributed by atoms with Gasteiger partial charge in [0.05, 0.1) is 33.5 Å². The van der Waals surface area contributed by atoms with E-state index in [1.165, 1.54) is 26.4 Å². The van der Waals surface area contributed by atoms with Gasteiger partial charge in [0.1, 0.15) is 45.2 Å². The summed E-state index contributed by atoms with van der Waals surface area (Å²) < 4.78 is 66.9. The van der Waals surface area contributed by atoms with Crippen LogP contribution in [0.5, 0.6) is 17.6 Å². The van der Waals surface area contributed by atoms with E-state index >= 15 is 8.78 Å². The van der Waals surface area contributed by atoms with Gasteiger partial charge in [0.25, 0.3) is 0 Å². The molecule has 2 aromatic heterocycles. The number of pyridine rings is 1. The number of nitrogens with zero attached hydrogens (tertiary/aromatic N) is 5. The van der Waals surface area contributed by atoms with Crippen LogP contribution in [0.15, 0.2) is 30.3 Å². The average Bonchev–Trinajstić information content (AvgIpc) is 3.29. The van der Waals surface area contributed by atoms with Crippen molar-refractivity contribution in [1.82, 2.24) is 19.9 Å². The number of fused-ring (bicyclic) bond motifs is 2. The molecule has 2 saturated heterocycles. The molecule has 0 radical (unpaired) electrons. The molecule has 0 spiro atoms. The molecule has 2 fully saturated rings. The normalized spacial score (nSPS) is 21.1. The first kappa shape index (κ1) is 38.1. The van der Waals surface area contributed by atoms with Gasteiger partial charge < -0.3 is 43.3 Å². The fourth-order valence-electron chi connectivity index (χ4n) is 6.81. The molecule has 2 aromatic carbocycles. The van der Waals surface area contributed by atoms with Gasteiger partial charge in [0.2, 0.25) is 5.88 Å². The first-order chi connectivity index (χ1) is 25.1. The number of methoxy groups -OCH3 is 2. The number of halogens is 2. The molecular weight excluding hydrogens is 692 g/mol. The number of carbonyl (C=O) groups is 1. The lowest BCUT2D eigenvalue weighted by molar-refractivity contribution is -0.0123. The summed E-state index contributed by atoms with van der Waals surface area (Å²) in [5.74, 6) is -0.969. The molecule has 53 heavy (non-hydrogen) atoms. The summed E-state index contributed by atoms with van der Waals surface area (Å²) >= 11 is 0. The van der Waals surface area contributed by atoms with Gasteiger partial charge in [-0.2, -0.15) is 9.97 Å². The Hall–Kier alpha value is -4.60. The standard InChI is InChI=1S/C38H47F2N5O8/c1-36(2,3)53-35(46)45-13-9-12-37(4,18-45)20-51-34-42-31-28(32(43-34)44-14-15-50-21-38(5,47)19-44)33(49-7)41-30(29(31)40)25-17-24(52-22-48-6)16-23-10-8-11-26(39)27(23)25/h8,10-11,16-17,47H,9,12-15,18-22H2,1-7H3/t37?,38-/m0/s1. The predicted molar refractivity (Wildman–Crippen MR) is 194 cm³/mol. The highest BCUT2D eigenvalue weighted by Gasteiger charge is 2.37. The van der Waals surface area contributed by atoms with Crippen LogP contribution in [0.2, 0.25) is 0 Å². The lowest BCUT2D eigenvalue weighted by atomic mass is 9.83. The number of piperidine rings is 1. The summed E-state index contributed by atoms with van der Waals surface area (Å²) in [5, 5.41) is 11.8. The molecule has 4 heterocycles. The molecule has 2 aliphatic heterocycles. The topological polar surface area (TPSA) is 138 Å². The number of hydrogen-bond acceptors (Lipinski definition) is 12. The minimum absolute atomic E-state index is 0.0253. The van der Waals surface area contributed by atoms with Crippen LogP contribution in [0.3, 0.4) is 0 Å². The van der Waals surface area contributed by atoms with Crippen molar-refractivity contribution in [1.29, 1.82) is 0 Å². The van der Waals surface area contributed by atoms with E-state index in [4.69, 9.17) is 33.4 Å². The molecule has 15 heteroatoms. The number of rotatable bonds is 9. The van der Waals surface area contributed by atoms with E-state index in [0.29, 0.717) is 30.8 Å². The van der Waals surface area contributed by atoms with Crippen molar-refractivity contribution >= 4 is 33.6 Å². The Bertz CT molecular complexity index is 1990. The number of amides is 1. The van der Waals surface area contributed by atoms with E-state index in [2.05, 4.69) is 9.97 Å². The van der Waals surface area contributed by atoms with Gasteiger partial charge in [0.15, 0.2) is 12.6 Å². The average molecular weight is 740 g/mol. The maximum absolute atomic E-state index is 17.2. The van der Waals surface area contributed by atoms with Crippen molar-refractivity contribution in [3.8, 4) is 28.9 Å². The highest BCUT2D eigenvalue weighted by Crippen LogP contribution is 2.42. The second kappa shape index (κ2) is 15.0. The fraction of sp³-hybridized carbons (Fsp3) is 0.526. The Morgan fingerprint density at radius 3 is 2.57 bits per heavy atom. The lowest BCUT2D eigenvalue weighted by Gasteiger charge is -2.40. The maximum atomic E-state index is 17.2. The van der Waals surface area contributed by atoms with Crippen LogP contribution in [0.4, 0.5) is 19.4 Å². The zero-order valence-corrected chi connectivity index (χ0v) is 31.3. The van der Waals surface area contributed by atoms with Crippen LogP contribution in [-0.2, 0) is 14.2 Å². The van der Waals surface area contributed by atoms with Crippen LogP contribution < -0.4 is 19.1 Å². The van der Waals surface area contributed by atoms with E-state index in [0.717, 1.165) is 12.8 Å². The number of aliphatic hydroxyl groups is 1. The molecule has 1 N–H and O–H groups in total. The van der Waals surface area contributed by atoms with Crippen LogP contribution in [0.25, 0.3) is 32.9 Å². The molecule has 2 aliphatic rings. The van der Waals surface area contributed by atoms with E-state index in [1.807, 2.05) is 27.7 Å². The summed E-state index contributed by atoms with van der Waals surface area (Å²) in [4.78, 5) is 30.3. The molecule has 286 valence electrons. The van der Waals surface area contributed by atoms with Crippen LogP contribution >= 0.6 is 0 Å². The van der Waals surface area contributed by atoms with Gasteiger partial charge in [-0.1, -0.05) is 19.1 Å². The van der Waals surface area contributed by atoms with Gasteiger partial charge >= 0.3 is 12.1 Å². The highest BCUT2D eigenvalue weighted by atomic mass is 19.1. The molecule has 1 unspecified atom stereocenters. The van der Waals surface area contributed by atoms with Crippen molar-refractivity contribution in [3.05, 3.63) is 42.0 Å². The smallest absolute Gasteiger partial charge is 0.410 e. The summed E-state index contributed by atoms with van der Waals surface area (Å²) in [6.07, 6.45) is 1.07. The van der Waals surface area contributed by atoms with Gasteiger partial charge in [-0.15, -0.1) is 0 Å². The van der Waals surface area contributed by atoms with E-state index < -0.39 is 34.3 Å². The first-order valence-corrected chi connectivity index (χ1v) is 17.6. The van der Waals surface area contributed by atoms with Gasteiger partial charge in [-0.3, -0.25) is 0 Å². The van der Waals surface area contributed by atoms with Crippen molar-refractivity contribution in [2.45, 2.75) is 58.7 Å². The molecule has 0 aliphatic carbocycles. The number of carbonyl (C=O) groups excluding carboxylic acids is 1. The molecule has 4 aromatic rings. The molecule has 0 saturated carbocycles. The fourth-order valence-corrected chi connectivity index (χ4v) is 6.81. The number of ether oxygens (including phenoxy) is 6. The molecule has 0 bridgehead atoms. The zero-order chi connectivity index (χ0) is 38.1. The highest BCUT2D eigenvalue weighted by molar-refractivity contribution is 6.02. The first-order valence-electron chi connectivity index (χ1n) is 17.6. The van der Waals surface area contributed by atoms with Crippen molar-refractivity contribution in [2.24, 2.45) is 5.41 Å².